The number of aromatic nitrogens is 1. The third-order valence-corrected chi connectivity index (χ3v) is 7.11. The zero-order chi connectivity index (χ0) is 31.1. The monoisotopic (exact) mass is 580 g/mol. The molecule has 222 valence electrons. The summed E-state index contributed by atoms with van der Waals surface area (Å²) in [5, 5.41) is 6.34. The zero-order valence-corrected chi connectivity index (χ0v) is 25.3. The molecule has 0 unspecified atom stereocenters. The Balaban J connectivity index is 1.39. The lowest BCUT2D eigenvalue weighted by atomic mass is 10.0. The SMILES string of the molecule is COc1cc(/C=C/C(=O)NCC(=O)N(C)c2ccc(C)c(COc3cccc4ccc(C)nc34)c2C)ccc1NC(C)=O. The van der Waals surface area contributed by atoms with Gasteiger partial charge in [-0.1, -0.05) is 30.3 Å². The van der Waals surface area contributed by atoms with Gasteiger partial charge >= 0.3 is 0 Å². The van der Waals surface area contributed by atoms with E-state index < -0.39 is 5.91 Å². The number of carbonyl (C=O) groups is 3. The molecule has 43 heavy (non-hydrogen) atoms. The first-order chi connectivity index (χ1) is 20.6. The third-order valence-electron chi connectivity index (χ3n) is 7.11. The van der Waals surface area contributed by atoms with Crippen LogP contribution in [0.4, 0.5) is 11.4 Å². The van der Waals surface area contributed by atoms with E-state index in [9.17, 15) is 14.4 Å². The maximum Gasteiger partial charge on any atom is 0.246 e. The molecular weight excluding hydrogens is 544 g/mol. The second kappa shape index (κ2) is 13.7. The number of likely N-dealkylation sites (N-methyl/N-ethyl adjacent to an activating group) is 1. The largest absolute Gasteiger partial charge is 0.495 e. The molecule has 0 aliphatic heterocycles. The molecule has 3 amide bonds. The van der Waals surface area contributed by atoms with Crippen molar-refractivity contribution in [3.63, 3.8) is 0 Å². The Labute approximate surface area is 251 Å². The van der Waals surface area contributed by atoms with Gasteiger partial charge < -0.3 is 25.0 Å². The van der Waals surface area contributed by atoms with Gasteiger partial charge in [-0.2, -0.15) is 0 Å². The number of hydrogen-bond acceptors (Lipinski definition) is 6. The number of fused-ring (bicyclic) bond motifs is 1. The van der Waals surface area contributed by atoms with E-state index in [4.69, 9.17) is 9.47 Å². The van der Waals surface area contributed by atoms with Crippen LogP contribution < -0.4 is 25.0 Å². The number of pyridine rings is 1. The third kappa shape index (κ3) is 7.56. The van der Waals surface area contributed by atoms with E-state index in [-0.39, 0.29) is 18.4 Å². The zero-order valence-electron chi connectivity index (χ0n) is 25.3. The first kappa shape index (κ1) is 30.8. The predicted molar refractivity (Wildman–Crippen MR) is 169 cm³/mol. The summed E-state index contributed by atoms with van der Waals surface area (Å²) < 4.78 is 11.6. The number of benzene rings is 3. The summed E-state index contributed by atoms with van der Waals surface area (Å²) in [7, 11) is 3.19. The first-order valence-corrected chi connectivity index (χ1v) is 13.8. The summed E-state index contributed by atoms with van der Waals surface area (Å²) in [5.74, 6) is 0.273. The maximum absolute atomic E-state index is 13.0. The van der Waals surface area contributed by atoms with E-state index in [0.717, 1.165) is 39.0 Å². The molecule has 0 saturated heterocycles. The molecule has 0 fully saturated rings. The second-order valence-corrected chi connectivity index (χ2v) is 10.2. The van der Waals surface area contributed by atoms with E-state index in [1.54, 1.807) is 31.3 Å². The lowest BCUT2D eigenvalue weighted by Crippen LogP contribution is -2.38. The number of carbonyl (C=O) groups excluding carboxylic acids is 3. The van der Waals surface area contributed by atoms with Crippen molar-refractivity contribution >= 4 is 46.1 Å². The van der Waals surface area contributed by atoms with Gasteiger partial charge in [0.1, 0.15) is 23.6 Å². The minimum absolute atomic E-state index is 0.176. The minimum Gasteiger partial charge on any atom is -0.495 e. The van der Waals surface area contributed by atoms with Crippen molar-refractivity contribution in [2.24, 2.45) is 0 Å². The fourth-order valence-electron chi connectivity index (χ4n) is 4.70. The van der Waals surface area contributed by atoms with Gasteiger partial charge in [-0.25, -0.2) is 4.98 Å². The van der Waals surface area contributed by atoms with Crippen molar-refractivity contribution in [2.75, 3.05) is 30.9 Å². The van der Waals surface area contributed by atoms with Crippen LogP contribution in [0.15, 0.2) is 66.7 Å². The lowest BCUT2D eigenvalue weighted by molar-refractivity contribution is -0.122. The van der Waals surface area contributed by atoms with Crippen LogP contribution in [0.25, 0.3) is 17.0 Å². The Kier molecular flexibility index (Phi) is 9.77. The second-order valence-electron chi connectivity index (χ2n) is 10.2. The van der Waals surface area contributed by atoms with Crippen LogP contribution in [0.3, 0.4) is 0 Å². The van der Waals surface area contributed by atoms with Gasteiger partial charge in [0.2, 0.25) is 17.7 Å². The Morgan fingerprint density at radius 1 is 0.977 bits per heavy atom. The number of para-hydroxylation sites is 1. The molecule has 1 heterocycles. The molecule has 2 N–H and O–H groups in total. The van der Waals surface area contributed by atoms with Crippen molar-refractivity contribution in [2.45, 2.75) is 34.3 Å². The highest BCUT2D eigenvalue weighted by atomic mass is 16.5. The average Bonchev–Trinajstić information content (AvgIpc) is 2.98. The summed E-state index contributed by atoms with van der Waals surface area (Å²) in [6, 6.07) is 18.9. The van der Waals surface area contributed by atoms with Crippen LogP contribution in [0.2, 0.25) is 0 Å². The number of nitrogens with zero attached hydrogens (tertiary/aromatic N) is 2. The van der Waals surface area contributed by atoms with Crippen LogP contribution in [0.1, 0.15) is 34.9 Å². The number of methoxy groups -OCH3 is 1. The van der Waals surface area contributed by atoms with Gasteiger partial charge in [-0.05, 0) is 79.4 Å². The van der Waals surface area contributed by atoms with Gasteiger partial charge in [-0.3, -0.25) is 14.4 Å². The number of amides is 3. The fourth-order valence-corrected chi connectivity index (χ4v) is 4.70. The summed E-state index contributed by atoms with van der Waals surface area (Å²) in [6.45, 7) is 7.48. The molecule has 0 bridgehead atoms. The van der Waals surface area contributed by atoms with Crippen LogP contribution in [-0.4, -0.2) is 43.4 Å². The molecule has 0 aliphatic carbocycles. The number of aryl methyl sites for hydroxylation is 2. The number of anilines is 2. The van der Waals surface area contributed by atoms with Gasteiger partial charge in [-0.15, -0.1) is 0 Å². The number of rotatable bonds is 10. The molecule has 0 atom stereocenters. The van der Waals surface area contributed by atoms with E-state index in [0.29, 0.717) is 29.4 Å². The first-order valence-electron chi connectivity index (χ1n) is 13.8. The fraction of sp³-hybridized carbons (Fsp3) is 0.235. The molecule has 4 aromatic rings. The Hall–Kier alpha value is -5.18. The van der Waals surface area contributed by atoms with Crippen molar-refractivity contribution in [3.8, 4) is 11.5 Å². The molecule has 9 heteroatoms. The van der Waals surface area contributed by atoms with E-state index >= 15 is 0 Å². The van der Waals surface area contributed by atoms with Crippen molar-refractivity contribution < 1.29 is 23.9 Å². The molecule has 4 rings (SSSR count). The van der Waals surface area contributed by atoms with Gasteiger partial charge in [0.25, 0.3) is 0 Å². The highest BCUT2D eigenvalue weighted by Crippen LogP contribution is 2.29. The van der Waals surface area contributed by atoms with Crippen molar-refractivity contribution in [1.82, 2.24) is 10.3 Å². The lowest BCUT2D eigenvalue weighted by Gasteiger charge is -2.23. The molecule has 3 aromatic carbocycles. The molecule has 0 spiro atoms. The molecule has 0 saturated carbocycles. The maximum atomic E-state index is 13.0. The van der Waals surface area contributed by atoms with E-state index in [2.05, 4.69) is 15.6 Å². The van der Waals surface area contributed by atoms with Crippen molar-refractivity contribution in [1.29, 1.82) is 0 Å². The van der Waals surface area contributed by atoms with Gasteiger partial charge in [0, 0.05) is 36.8 Å². The number of hydrogen-bond donors (Lipinski definition) is 2. The predicted octanol–water partition coefficient (Wildman–Crippen LogP) is 5.50. The van der Waals surface area contributed by atoms with Crippen molar-refractivity contribution in [3.05, 3.63) is 94.7 Å². The average molecular weight is 581 g/mol. The Morgan fingerprint density at radius 3 is 2.51 bits per heavy atom. The van der Waals surface area contributed by atoms with Crippen LogP contribution in [-0.2, 0) is 21.0 Å². The highest BCUT2D eigenvalue weighted by molar-refractivity contribution is 5.99. The summed E-state index contributed by atoms with van der Waals surface area (Å²) in [6.07, 6.45) is 2.95. The number of ether oxygens (including phenoxy) is 2. The minimum atomic E-state index is -0.416. The summed E-state index contributed by atoms with van der Waals surface area (Å²) >= 11 is 0. The highest BCUT2D eigenvalue weighted by Gasteiger charge is 2.17. The van der Waals surface area contributed by atoms with E-state index in [1.807, 2.05) is 63.2 Å². The quantitative estimate of drug-likeness (QED) is 0.240. The molecular formula is C34H36N4O5. The van der Waals surface area contributed by atoms with Gasteiger partial charge in [0.15, 0.2) is 0 Å². The summed E-state index contributed by atoms with van der Waals surface area (Å²) in [5.41, 5.74) is 6.64. The van der Waals surface area contributed by atoms with Gasteiger partial charge in [0.05, 0.1) is 19.3 Å². The smallest absolute Gasteiger partial charge is 0.246 e. The van der Waals surface area contributed by atoms with Crippen LogP contribution >= 0.6 is 0 Å². The molecule has 1 aromatic heterocycles. The van der Waals surface area contributed by atoms with E-state index in [1.165, 1.54) is 25.0 Å². The normalized spacial score (nSPS) is 10.9. The topological polar surface area (TPSA) is 110 Å². The molecule has 9 nitrogen and oxygen atoms in total. The number of nitrogens with one attached hydrogen (secondary N) is 2. The standard InChI is InChI=1S/C34H36N4O5/c1-21-10-16-29(23(3)27(21)20-43-30-9-7-8-26-14-11-22(2)36-34(26)30)38(5)33(41)19-35-32(40)17-13-25-12-15-28(37-24(4)39)31(18-25)42-6/h7-18H,19-20H2,1-6H3,(H,35,40)(H,37,39)/b17-13+. The summed E-state index contributed by atoms with van der Waals surface area (Å²) in [4.78, 5) is 43.0. The Morgan fingerprint density at radius 2 is 1.77 bits per heavy atom. The van der Waals surface area contributed by atoms with Crippen LogP contribution in [0.5, 0.6) is 11.5 Å². The Bertz CT molecular complexity index is 1710. The van der Waals surface area contributed by atoms with Crippen LogP contribution in [0, 0.1) is 20.8 Å². The molecule has 0 radical (unpaired) electrons. The molecule has 0 aliphatic rings.